The van der Waals surface area contributed by atoms with Gasteiger partial charge in [-0.25, -0.2) is 0 Å². The van der Waals surface area contributed by atoms with Crippen LogP contribution in [0.4, 0.5) is 22.0 Å². The van der Waals surface area contributed by atoms with Crippen molar-refractivity contribution in [3.63, 3.8) is 0 Å². The number of hydrogen-bond acceptors (Lipinski definition) is 3. The zero-order chi connectivity index (χ0) is 11.7. The van der Waals surface area contributed by atoms with Gasteiger partial charge in [-0.15, -0.1) is 0 Å². The number of carbonyl (C=O) groups is 1. The van der Waals surface area contributed by atoms with Crippen molar-refractivity contribution < 1.29 is 26.7 Å². The molecule has 0 aromatic rings. The molecule has 0 aliphatic carbocycles. The zero-order valence-corrected chi connectivity index (χ0v) is 7.37. The fourth-order valence-electron chi connectivity index (χ4n) is 0.987. The van der Waals surface area contributed by atoms with Crippen molar-refractivity contribution in [2.75, 3.05) is 13.1 Å². The van der Waals surface area contributed by atoms with Crippen LogP contribution in [-0.4, -0.2) is 36.8 Å². The lowest BCUT2D eigenvalue weighted by molar-refractivity contribution is -0.268. The first-order chi connectivity index (χ1) is 6.75. The molecule has 0 radical (unpaired) electrons. The quantitative estimate of drug-likeness (QED) is 0.739. The number of ketones is 1. The number of nitrogens with zero attached hydrogens (tertiary/aromatic N) is 1. The molecule has 0 atom stereocenters. The Labute approximate surface area is 81.4 Å². The van der Waals surface area contributed by atoms with Crippen LogP contribution in [0.5, 0.6) is 0 Å². The fraction of sp³-hybridized carbons (Fsp3) is 0.714. The van der Waals surface area contributed by atoms with E-state index in [-0.39, 0.29) is 12.4 Å². The number of rotatable bonds is 3. The van der Waals surface area contributed by atoms with Crippen LogP contribution in [-0.2, 0) is 4.79 Å². The summed E-state index contributed by atoms with van der Waals surface area (Å²) in [5, 5.41) is 2.44. The number of hydrogen-bond donors (Lipinski definition) is 1. The minimum Gasteiger partial charge on any atom is -0.372 e. The van der Waals surface area contributed by atoms with Crippen LogP contribution in [0.3, 0.4) is 0 Å². The molecule has 1 heterocycles. The van der Waals surface area contributed by atoms with Crippen molar-refractivity contribution in [1.29, 1.82) is 0 Å². The molecular weight excluding hydrogens is 223 g/mol. The van der Waals surface area contributed by atoms with Gasteiger partial charge in [0.05, 0.1) is 13.0 Å². The lowest BCUT2D eigenvalue weighted by Crippen LogP contribution is -2.45. The van der Waals surface area contributed by atoms with E-state index < -0.39 is 24.3 Å². The molecule has 0 fully saturated rings. The number of aliphatic imine (C=N–C) groups is 1. The van der Waals surface area contributed by atoms with Gasteiger partial charge in [0.25, 0.3) is 0 Å². The lowest BCUT2D eigenvalue weighted by Gasteiger charge is -2.17. The monoisotopic (exact) mass is 230 g/mol. The Morgan fingerprint density at radius 1 is 1.33 bits per heavy atom. The van der Waals surface area contributed by atoms with E-state index in [2.05, 4.69) is 10.3 Å². The van der Waals surface area contributed by atoms with Gasteiger partial charge in [0.15, 0.2) is 0 Å². The molecule has 0 bridgehead atoms. The van der Waals surface area contributed by atoms with E-state index in [1.165, 1.54) is 0 Å². The van der Waals surface area contributed by atoms with Gasteiger partial charge in [-0.2, -0.15) is 22.0 Å². The Hall–Kier alpha value is -1.21. The molecule has 0 aromatic heterocycles. The first kappa shape index (κ1) is 11.9. The van der Waals surface area contributed by atoms with Gasteiger partial charge in [-0.3, -0.25) is 9.79 Å². The third-order valence-electron chi connectivity index (χ3n) is 1.78. The summed E-state index contributed by atoms with van der Waals surface area (Å²) >= 11 is 0. The average Bonchev–Trinajstić information content (AvgIpc) is 2.54. The van der Waals surface area contributed by atoms with E-state index in [0.717, 1.165) is 0 Å². The van der Waals surface area contributed by atoms with Crippen LogP contribution in [0.25, 0.3) is 0 Å². The van der Waals surface area contributed by atoms with Crippen molar-refractivity contribution in [3.8, 4) is 0 Å². The Morgan fingerprint density at radius 2 is 1.93 bits per heavy atom. The molecule has 1 N–H and O–H groups in total. The van der Waals surface area contributed by atoms with Crippen LogP contribution in [0, 0.1) is 0 Å². The number of nitrogens with one attached hydrogen (secondary N) is 1. The molecule has 0 aromatic carbocycles. The second-order valence-corrected chi connectivity index (χ2v) is 2.93. The maximum atomic E-state index is 12.4. The summed E-state index contributed by atoms with van der Waals surface area (Å²) < 4.78 is 60.0. The molecule has 0 unspecified atom stereocenters. The van der Waals surface area contributed by atoms with Crippen LogP contribution in [0.1, 0.15) is 6.42 Å². The predicted molar refractivity (Wildman–Crippen MR) is 40.9 cm³/mol. The second-order valence-electron chi connectivity index (χ2n) is 2.93. The summed E-state index contributed by atoms with van der Waals surface area (Å²) in [6, 6.07) is 0. The SMILES string of the molecule is O=C(CC1=NCCN1)C(F)(F)C(F)(F)F. The summed E-state index contributed by atoms with van der Waals surface area (Å²) in [4.78, 5) is 14.2. The second kappa shape index (κ2) is 3.74. The fourth-order valence-corrected chi connectivity index (χ4v) is 0.987. The Kier molecular flexibility index (Phi) is 2.96. The van der Waals surface area contributed by atoms with E-state index in [9.17, 15) is 26.7 Å². The topological polar surface area (TPSA) is 41.5 Å². The average molecular weight is 230 g/mol. The molecule has 1 aliphatic rings. The standard InChI is InChI=1S/C7H7F5N2O/c8-6(9,7(10,11)12)4(15)3-5-13-1-2-14-5/h1-3H2,(H,13,14). The van der Waals surface area contributed by atoms with Crippen LogP contribution >= 0.6 is 0 Å². The molecule has 1 rings (SSSR count). The van der Waals surface area contributed by atoms with E-state index in [4.69, 9.17) is 0 Å². The summed E-state index contributed by atoms with van der Waals surface area (Å²) in [6.07, 6.45) is -6.87. The Bertz CT molecular complexity index is 296. The van der Waals surface area contributed by atoms with E-state index in [0.29, 0.717) is 6.54 Å². The summed E-state index contributed by atoms with van der Waals surface area (Å²) in [5.41, 5.74) is 0. The molecule has 8 heteroatoms. The summed E-state index contributed by atoms with van der Waals surface area (Å²) in [5.74, 6) is -7.62. The predicted octanol–water partition coefficient (Wildman–Crippen LogP) is 1.14. The highest BCUT2D eigenvalue weighted by atomic mass is 19.4. The van der Waals surface area contributed by atoms with Gasteiger partial charge >= 0.3 is 12.1 Å². The smallest absolute Gasteiger partial charge is 0.372 e. The van der Waals surface area contributed by atoms with Crippen molar-refractivity contribution in [3.05, 3.63) is 0 Å². The lowest BCUT2D eigenvalue weighted by atomic mass is 10.1. The van der Waals surface area contributed by atoms with Crippen LogP contribution in [0.15, 0.2) is 4.99 Å². The van der Waals surface area contributed by atoms with Gasteiger partial charge in [-0.05, 0) is 0 Å². The third kappa shape index (κ3) is 2.42. The molecule has 1 aliphatic heterocycles. The van der Waals surface area contributed by atoms with Gasteiger partial charge in [0, 0.05) is 6.54 Å². The molecule has 0 spiro atoms. The number of halogens is 5. The zero-order valence-electron chi connectivity index (χ0n) is 7.37. The molecule has 0 amide bonds. The van der Waals surface area contributed by atoms with Gasteiger partial charge in [-0.1, -0.05) is 0 Å². The first-order valence-corrected chi connectivity index (χ1v) is 4.00. The molecule has 15 heavy (non-hydrogen) atoms. The van der Waals surface area contributed by atoms with E-state index in [1.807, 2.05) is 0 Å². The van der Waals surface area contributed by atoms with Crippen molar-refractivity contribution >= 4 is 11.6 Å². The van der Waals surface area contributed by atoms with Crippen molar-refractivity contribution in [2.24, 2.45) is 4.99 Å². The summed E-state index contributed by atoms with van der Waals surface area (Å²) in [6.45, 7) is 0.625. The maximum Gasteiger partial charge on any atom is 0.461 e. The largest absolute Gasteiger partial charge is 0.461 e. The minimum atomic E-state index is -5.84. The molecule has 3 nitrogen and oxygen atoms in total. The number of Topliss-reactive ketones (excluding diaryl/α,β-unsaturated/α-hetero) is 1. The highest BCUT2D eigenvalue weighted by Gasteiger charge is 2.62. The molecule has 0 saturated carbocycles. The molecule has 0 saturated heterocycles. The third-order valence-corrected chi connectivity index (χ3v) is 1.78. The maximum absolute atomic E-state index is 12.4. The molecular formula is C7H7F5N2O. The molecule has 86 valence electrons. The summed E-state index contributed by atoms with van der Waals surface area (Å²) in [7, 11) is 0. The normalized spacial score (nSPS) is 17.3. The van der Waals surface area contributed by atoms with Gasteiger partial charge in [0.2, 0.25) is 5.78 Å². The highest BCUT2D eigenvalue weighted by Crippen LogP contribution is 2.36. The Balaban J connectivity index is 2.67. The van der Waals surface area contributed by atoms with Crippen molar-refractivity contribution in [1.82, 2.24) is 5.32 Å². The van der Waals surface area contributed by atoms with E-state index in [1.54, 1.807) is 0 Å². The number of carbonyl (C=O) groups excluding carboxylic acids is 1. The van der Waals surface area contributed by atoms with E-state index >= 15 is 0 Å². The van der Waals surface area contributed by atoms with Crippen molar-refractivity contribution in [2.45, 2.75) is 18.5 Å². The van der Waals surface area contributed by atoms with Crippen LogP contribution in [0.2, 0.25) is 0 Å². The van der Waals surface area contributed by atoms with Crippen LogP contribution < -0.4 is 5.32 Å². The number of amidine groups is 1. The minimum absolute atomic E-state index is 0.121. The van der Waals surface area contributed by atoms with Gasteiger partial charge in [0.1, 0.15) is 5.84 Å². The van der Waals surface area contributed by atoms with Gasteiger partial charge < -0.3 is 5.32 Å². The Morgan fingerprint density at radius 3 is 2.33 bits per heavy atom. The highest BCUT2D eigenvalue weighted by molar-refractivity contribution is 6.04. The number of alkyl halides is 5. The first-order valence-electron chi connectivity index (χ1n) is 4.00.